The summed E-state index contributed by atoms with van der Waals surface area (Å²) < 4.78 is 2.63. The summed E-state index contributed by atoms with van der Waals surface area (Å²) in [4.78, 5) is 4.69. The Morgan fingerprint density at radius 2 is 1.72 bits per heavy atom. The molecule has 90 valence electrons. The van der Waals surface area contributed by atoms with E-state index in [9.17, 15) is 0 Å². The second-order valence-electron chi connectivity index (χ2n) is 4.03. The van der Waals surface area contributed by atoms with E-state index >= 15 is 0 Å². The van der Waals surface area contributed by atoms with E-state index in [0.717, 1.165) is 11.9 Å². The third kappa shape index (κ3) is 2.81. The minimum atomic E-state index is 0.500. The molecule has 0 saturated heterocycles. The van der Waals surface area contributed by atoms with Crippen LogP contribution in [0.15, 0.2) is 54.6 Å². The molecule has 0 saturated carbocycles. The van der Waals surface area contributed by atoms with Gasteiger partial charge >= 0.3 is 117 Å². The molecule has 1 aromatic heterocycles. The fourth-order valence-electron chi connectivity index (χ4n) is 1.81. The van der Waals surface area contributed by atoms with E-state index in [0.29, 0.717) is 15.0 Å². The topological polar surface area (TPSA) is 12.9 Å². The van der Waals surface area contributed by atoms with Crippen molar-refractivity contribution in [2.24, 2.45) is 0 Å². The van der Waals surface area contributed by atoms with Crippen molar-refractivity contribution in [3.05, 3.63) is 60.2 Å². The predicted octanol–water partition coefficient (Wildman–Crippen LogP) is 3.29. The zero-order valence-corrected chi connectivity index (χ0v) is 12.4. The van der Waals surface area contributed by atoms with Crippen LogP contribution in [0.2, 0.25) is 5.32 Å². The molecular weight excluding hydrogens is 305 g/mol. The summed E-state index contributed by atoms with van der Waals surface area (Å²) in [6, 6.07) is 19.1. The van der Waals surface area contributed by atoms with E-state index in [1.54, 1.807) is 0 Å². The van der Waals surface area contributed by atoms with Crippen LogP contribution in [0.4, 0.5) is 0 Å². The molecule has 0 bridgehead atoms. The molecule has 0 amide bonds. The maximum atomic E-state index is 4.69. The number of rotatable bonds is 4. The predicted molar refractivity (Wildman–Crippen MR) is 80.0 cm³/mol. The molecule has 0 aliphatic heterocycles. The summed E-state index contributed by atoms with van der Waals surface area (Å²) >= 11 is 2.35. The molecule has 0 radical (unpaired) electrons. The van der Waals surface area contributed by atoms with Crippen molar-refractivity contribution >= 4 is 40.4 Å². The number of thiazole rings is 1. The van der Waals surface area contributed by atoms with E-state index in [2.05, 4.69) is 54.6 Å². The van der Waals surface area contributed by atoms with Gasteiger partial charge < -0.3 is 0 Å². The Kier molecular flexibility index (Phi) is 3.75. The Balaban J connectivity index is 1.63. The average Bonchev–Trinajstić information content (AvgIpc) is 2.82. The first-order valence-corrected chi connectivity index (χ1v) is 8.82. The average molecular weight is 318 g/mol. The molecule has 3 heteroatoms. The molecular formula is C15H13NSSe. The first-order chi connectivity index (χ1) is 8.92. The standard InChI is InChI=1S/C15H13NSSe/c1-2-6-12(7-3-1)10-11-18-15-16-13-8-4-5-9-14(13)17-15/h1-9H,10-11H2. The van der Waals surface area contributed by atoms with Crippen molar-refractivity contribution in [1.29, 1.82) is 0 Å². The molecule has 0 aliphatic rings. The number of hydrogen-bond donors (Lipinski definition) is 0. The molecule has 0 N–H and O–H groups in total. The van der Waals surface area contributed by atoms with Crippen molar-refractivity contribution in [2.45, 2.75) is 11.7 Å². The number of aryl methyl sites for hydroxylation is 1. The normalized spacial score (nSPS) is 10.9. The van der Waals surface area contributed by atoms with Crippen molar-refractivity contribution in [2.75, 3.05) is 0 Å². The quantitative estimate of drug-likeness (QED) is 0.673. The van der Waals surface area contributed by atoms with E-state index in [-0.39, 0.29) is 0 Å². The Morgan fingerprint density at radius 3 is 2.56 bits per heavy atom. The van der Waals surface area contributed by atoms with Gasteiger partial charge in [0.25, 0.3) is 0 Å². The monoisotopic (exact) mass is 319 g/mol. The fraction of sp³-hybridized carbons (Fsp3) is 0.133. The van der Waals surface area contributed by atoms with E-state index in [1.165, 1.54) is 19.5 Å². The van der Waals surface area contributed by atoms with Crippen LogP contribution in [0.5, 0.6) is 0 Å². The SMILES string of the molecule is c1ccc(CC[Se]c2nc3ccccc3s2)cc1. The fourth-order valence-corrected chi connectivity index (χ4v) is 5.36. The third-order valence-corrected chi connectivity index (χ3v) is 6.27. The van der Waals surface area contributed by atoms with Crippen LogP contribution in [0.1, 0.15) is 5.56 Å². The van der Waals surface area contributed by atoms with Gasteiger partial charge in [0.15, 0.2) is 0 Å². The summed E-state index contributed by atoms with van der Waals surface area (Å²) in [5.74, 6) is 0. The molecule has 0 atom stereocenters. The molecule has 3 rings (SSSR count). The van der Waals surface area contributed by atoms with Gasteiger partial charge in [-0.05, 0) is 0 Å². The van der Waals surface area contributed by atoms with Gasteiger partial charge in [0.05, 0.1) is 0 Å². The summed E-state index contributed by atoms with van der Waals surface area (Å²) in [7, 11) is 0. The summed E-state index contributed by atoms with van der Waals surface area (Å²) in [5, 5.41) is 1.23. The second kappa shape index (κ2) is 5.66. The number of hydrogen-bond acceptors (Lipinski definition) is 2. The van der Waals surface area contributed by atoms with Gasteiger partial charge in [0.1, 0.15) is 0 Å². The Hall–Kier alpha value is -1.15. The third-order valence-electron chi connectivity index (χ3n) is 2.73. The summed E-state index contributed by atoms with van der Waals surface area (Å²) in [6.07, 6.45) is 1.16. The zero-order valence-electron chi connectivity index (χ0n) is 9.87. The maximum absolute atomic E-state index is 4.69. The summed E-state index contributed by atoms with van der Waals surface area (Å²) in [6.45, 7) is 0. The van der Waals surface area contributed by atoms with Crippen LogP contribution in [0.25, 0.3) is 10.2 Å². The molecule has 2 aromatic carbocycles. The van der Waals surface area contributed by atoms with Crippen LogP contribution in [-0.2, 0) is 6.42 Å². The van der Waals surface area contributed by atoms with E-state index in [4.69, 9.17) is 4.98 Å². The van der Waals surface area contributed by atoms with Crippen molar-refractivity contribution in [1.82, 2.24) is 4.98 Å². The molecule has 0 fully saturated rings. The Bertz CT molecular complexity index is 600. The second-order valence-corrected chi connectivity index (χ2v) is 7.92. The van der Waals surface area contributed by atoms with Gasteiger partial charge in [-0.2, -0.15) is 0 Å². The van der Waals surface area contributed by atoms with Gasteiger partial charge in [0, 0.05) is 0 Å². The number of aromatic nitrogens is 1. The zero-order chi connectivity index (χ0) is 12.2. The Labute approximate surface area is 117 Å². The first-order valence-electron chi connectivity index (χ1n) is 5.94. The molecule has 3 aromatic rings. The molecule has 0 unspecified atom stereocenters. The van der Waals surface area contributed by atoms with Gasteiger partial charge in [-0.1, -0.05) is 0 Å². The van der Waals surface area contributed by atoms with Gasteiger partial charge in [0.2, 0.25) is 0 Å². The molecule has 18 heavy (non-hydrogen) atoms. The van der Waals surface area contributed by atoms with E-state index < -0.39 is 0 Å². The Morgan fingerprint density at radius 1 is 0.944 bits per heavy atom. The molecule has 1 heterocycles. The van der Waals surface area contributed by atoms with Gasteiger partial charge in [-0.3, -0.25) is 0 Å². The van der Waals surface area contributed by atoms with Crippen LogP contribution in [0, 0.1) is 0 Å². The van der Waals surface area contributed by atoms with Crippen molar-refractivity contribution < 1.29 is 0 Å². The van der Waals surface area contributed by atoms with Crippen LogP contribution >= 0.6 is 11.3 Å². The number of para-hydroxylation sites is 1. The van der Waals surface area contributed by atoms with Crippen LogP contribution in [0.3, 0.4) is 0 Å². The van der Waals surface area contributed by atoms with Crippen LogP contribution < -0.4 is 3.91 Å². The van der Waals surface area contributed by atoms with E-state index in [1.807, 2.05) is 11.3 Å². The number of nitrogens with zero attached hydrogens (tertiary/aromatic N) is 1. The number of fused-ring (bicyclic) bond motifs is 1. The van der Waals surface area contributed by atoms with Gasteiger partial charge in [-0.15, -0.1) is 0 Å². The molecule has 0 spiro atoms. The summed E-state index contributed by atoms with van der Waals surface area (Å²) in [5.41, 5.74) is 2.58. The van der Waals surface area contributed by atoms with Gasteiger partial charge in [-0.25, -0.2) is 0 Å². The molecule has 0 aliphatic carbocycles. The molecule has 1 nitrogen and oxygen atoms in total. The minimum absolute atomic E-state index is 0.500. The van der Waals surface area contributed by atoms with Crippen molar-refractivity contribution in [3.63, 3.8) is 0 Å². The van der Waals surface area contributed by atoms with Crippen LogP contribution in [-0.4, -0.2) is 19.9 Å². The first kappa shape index (κ1) is 11.9. The van der Waals surface area contributed by atoms with Crippen molar-refractivity contribution in [3.8, 4) is 0 Å². The number of benzene rings is 2.